The number of pyridine rings is 1. The van der Waals surface area contributed by atoms with Gasteiger partial charge in [0, 0.05) is 30.0 Å². The van der Waals surface area contributed by atoms with Gasteiger partial charge in [0.15, 0.2) is 5.82 Å². The predicted molar refractivity (Wildman–Crippen MR) is 102 cm³/mol. The van der Waals surface area contributed by atoms with Crippen molar-refractivity contribution < 1.29 is 9.53 Å². The Balaban J connectivity index is 1.55. The smallest absolute Gasteiger partial charge is 0.233 e. The third-order valence-corrected chi connectivity index (χ3v) is 4.87. The molecule has 0 radical (unpaired) electrons. The first-order chi connectivity index (χ1) is 12.7. The van der Waals surface area contributed by atoms with Crippen LogP contribution in [0.1, 0.15) is 12.5 Å². The first-order valence-corrected chi connectivity index (χ1v) is 9.07. The van der Waals surface area contributed by atoms with Crippen LogP contribution in [0.2, 0.25) is 0 Å². The Labute approximate surface area is 156 Å². The number of aromatic nitrogens is 3. The maximum atomic E-state index is 12.4. The molecule has 0 aliphatic heterocycles. The molecule has 0 bridgehead atoms. The fourth-order valence-corrected chi connectivity index (χ4v) is 3.24. The first kappa shape index (κ1) is 18.0. The summed E-state index contributed by atoms with van der Waals surface area (Å²) < 4.78 is 6.83. The summed E-state index contributed by atoms with van der Waals surface area (Å²) in [6.07, 6.45) is 5.25. The molecule has 0 fully saturated rings. The molecule has 7 heteroatoms. The number of carbonyl (C=O) groups is 1. The lowest BCUT2D eigenvalue weighted by molar-refractivity contribution is -0.120. The summed E-state index contributed by atoms with van der Waals surface area (Å²) in [6.45, 7) is 2.34. The number of rotatable bonds is 7. The van der Waals surface area contributed by atoms with Gasteiger partial charge < -0.3 is 10.1 Å². The van der Waals surface area contributed by atoms with Crippen LogP contribution < -0.4 is 10.1 Å². The average Bonchev–Trinajstić information content (AvgIpc) is 3.22. The molecule has 0 spiro atoms. The van der Waals surface area contributed by atoms with E-state index in [1.165, 1.54) is 11.8 Å². The molecule has 0 aliphatic carbocycles. The topological polar surface area (TPSA) is 69.0 Å². The van der Waals surface area contributed by atoms with E-state index < -0.39 is 0 Å². The molecule has 26 heavy (non-hydrogen) atoms. The number of nitrogens with zero attached hydrogens (tertiary/aromatic N) is 3. The van der Waals surface area contributed by atoms with Gasteiger partial charge in [0.25, 0.3) is 0 Å². The monoisotopic (exact) mass is 368 g/mol. The van der Waals surface area contributed by atoms with E-state index in [2.05, 4.69) is 15.4 Å². The van der Waals surface area contributed by atoms with Crippen LogP contribution >= 0.6 is 11.8 Å². The molecule has 2 heterocycles. The highest BCUT2D eigenvalue weighted by Gasteiger charge is 2.14. The molecule has 1 amide bonds. The molecule has 1 N–H and O–H groups in total. The fourth-order valence-electron chi connectivity index (χ4n) is 2.35. The summed E-state index contributed by atoms with van der Waals surface area (Å²) in [5.41, 5.74) is 0.973. The van der Waals surface area contributed by atoms with Gasteiger partial charge in [0.2, 0.25) is 5.91 Å². The van der Waals surface area contributed by atoms with Crippen molar-refractivity contribution in [1.82, 2.24) is 20.1 Å². The Morgan fingerprint density at radius 1 is 1.27 bits per heavy atom. The second-order valence-corrected chi connectivity index (χ2v) is 7.04. The zero-order valence-electron chi connectivity index (χ0n) is 14.6. The lowest BCUT2D eigenvalue weighted by Gasteiger charge is -2.12. The third-order valence-electron chi connectivity index (χ3n) is 3.76. The van der Waals surface area contributed by atoms with Gasteiger partial charge in [-0.1, -0.05) is 0 Å². The highest BCUT2D eigenvalue weighted by molar-refractivity contribution is 8.00. The van der Waals surface area contributed by atoms with Crippen molar-refractivity contribution in [1.29, 1.82) is 0 Å². The number of methoxy groups -OCH3 is 1. The number of amides is 1. The molecule has 3 aromatic rings. The molecule has 6 nitrogen and oxygen atoms in total. The second-order valence-electron chi connectivity index (χ2n) is 5.63. The minimum absolute atomic E-state index is 0.0109. The maximum Gasteiger partial charge on any atom is 0.233 e. The third kappa shape index (κ3) is 4.64. The van der Waals surface area contributed by atoms with Gasteiger partial charge in [-0.2, -0.15) is 5.10 Å². The Kier molecular flexibility index (Phi) is 5.91. The Hall–Kier alpha value is -2.80. The van der Waals surface area contributed by atoms with Crippen molar-refractivity contribution in [2.45, 2.75) is 23.6 Å². The number of nitrogens with one attached hydrogen (secondary N) is 1. The number of hydrogen-bond acceptors (Lipinski definition) is 5. The highest BCUT2D eigenvalue weighted by Crippen LogP contribution is 2.25. The van der Waals surface area contributed by atoms with Gasteiger partial charge in [0.1, 0.15) is 5.75 Å². The van der Waals surface area contributed by atoms with Crippen LogP contribution in [-0.2, 0) is 11.3 Å². The van der Waals surface area contributed by atoms with Crippen molar-refractivity contribution in [2.24, 2.45) is 0 Å². The van der Waals surface area contributed by atoms with Crippen LogP contribution in [0.15, 0.2) is 66.0 Å². The van der Waals surface area contributed by atoms with Crippen molar-refractivity contribution >= 4 is 17.7 Å². The van der Waals surface area contributed by atoms with E-state index in [0.717, 1.165) is 22.0 Å². The van der Waals surface area contributed by atoms with Gasteiger partial charge in [-0.05, 0) is 55.0 Å². The van der Waals surface area contributed by atoms with E-state index in [1.54, 1.807) is 24.2 Å². The zero-order chi connectivity index (χ0) is 18.4. The van der Waals surface area contributed by atoms with Gasteiger partial charge in [0.05, 0.1) is 12.4 Å². The minimum Gasteiger partial charge on any atom is -0.497 e. The van der Waals surface area contributed by atoms with Crippen LogP contribution in [0.3, 0.4) is 0 Å². The van der Waals surface area contributed by atoms with Crippen LogP contribution in [-0.4, -0.2) is 33.0 Å². The normalized spacial score (nSPS) is 11.8. The van der Waals surface area contributed by atoms with E-state index in [-0.39, 0.29) is 11.2 Å². The van der Waals surface area contributed by atoms with E-state index in [4.69, 9.17) is 4.74 Å². The van der Waals surface area contributed by atoms with Crippen LogP contribution in [0, 0.1) is 0 Å². The second kappa shape index (κ2) is 8.53. The quantitative estimate of drug-likeness (QED) is 0.649. The van der Waals surface area contributed by atoms with Gasteiger partial charge in [-0.15, -0.1) is 11.8 Å². The number of carbonyl (C=O) groups excluding carboxylic acids is 1. The lowest BCUT2D eigenvalue weighted by Crippen LogP contribution is -2.30. The van der Waals surface area contributed by atoms with E-state index in [0.29, 0.717) is 6.54 Å². The molecule has 0 aliphatic rings. The van der Waals surface area contributed by atoms with Crippen LogP contribution in [0.4, 0.5) is 0 Å². The van der Waals surface area contributed by atoms with Crippen molar-refractivity contribution in [3.05, 3.63) is 66.6 Å². The summed E-state index contributed by atoms with van der Waals surface area (Å²) in [5, 5.41) is 6.94. The summed E-state index contributed by atoms with van der Waals surface area (Å²) in [4.78, 5) is 17.7. The Bertz CT molecular complexity index is 850. The molecule has 2 aromatic heterocycles. The lowest BCUT2D eigenvalue weighted by atomic mass is 10.2. The molecular weight excluding hydrogens is 348 g/mol. The molecule has 1 aromatic carbocycles. The standard InChI is InChI=1S/C19H20N4O2S/c1-14(26-17-6-4-16(25-2)5-7-17)19(24)21-13-15-8-10-20-18(12-15)23-11-3-9-22-23/h3-12,14H,13H2,1-2H3,(H,21,24). The maximum absolute atomic E-state index is 12.4. The van der Waals surface area contributed by atoms with Gasteiger partial charge in [-0.25, -0.2) is 9.67 Å². The van der Waals surface area contributed by atoms with Gasteiger partial charge >= 0.3 is 0 Å². The average molecular weight is 368 g/mol. The number of hydrogen-bond donors (Lipinski definition) is 1. The van der Waals surface area contributed by atoms with Crippen LogP contribution in [0.25, 0.3) is 5.82 Å². The first-order valence-electron chi connectivity index (χ1n) is 8.19. The molecule has 134 valence electrons. The van der Waals surface area contributed by atoms with Gasteiger partial charge in [-0.3, -0.25) is 4.79 Å². The molecule has 1 atom stereocenters. The van der Waals surface area contributed by atoms with Crippen molar-refractivity contribution in [3.63, 3.8) is 0 Å². The molecule has 3 rings (SSSR count). The zero-order valence-corrected chi connectivity index (χ0v) is 15.4. The minimum atomic E-state index is -0.198. The summed E-state index contributed by atoms with van der Waals surface area (Å²) in [5.74, 6) is 1.52. The summed E-state index contributed by atoms with van der Waals surface area (Å²) in [7, 11) is 1.63. The number of ether oxygens (including phenoxy) is 1. The Morgan fingerprint density at radius 3 is 2.77 bits per heavy atom. The Morgan fingerprint density at radius 2 is 2.08 bits per heavy atom. The largest absolute Gasteiger partial charge is 0.497 e. The highest BCUT2D eigenvalue weighted by atomic mass is 32.2. The summed E-state index contributed by atoms with van der Waals surface area (Å²) >= 11 is 1.51. The molecule has 1 unspecified atom stereocenters. The molecular formula is C19H20N4O2S. The molecule has 0 saturated heterocycles. The van der Waals surface area contributed by atoms with E-state index >= 15 is 0 Å². The summed E-state index contributed by atoms with van der Waals surface area (Å²) in [6, 6.07) is 13.3. The predicted octanol–water partition coefficient (Wildman–Crippen LogP) is 3.07. The number of thioether (sulfide) groups is 1. The van der Waals surface area contributed by atoms with E-state index in [9.17, 15) is 4.79 Å². The van der Waals surface area contributed by atoms with E-state index in [1.807, 2.05) is 55.6 Å². The van der Waals surface area contributed by atoms with Crippen LogP contribution in [0.5, 0.6) is 5.75 Å². The van der Waals surface area contributed by atoms with Crippen molar-refractivity contribution in [3.8, 4) is 11.6 Å². The number of benzene rings is 1. The van der Waals surface area contributed by atoms with Crippen molar-refractivity contribution in [2.75, 3.05) is 7.11 Å². The SMILES string of the molecule is COc1ccc(SC(C)C(=O)NCc2ccnc(-n3cccn3)c2)cc1. The fraction of sp³-hybridized carbons (Fsp3) is 0.211. The molecule has 0 saturated carbocycles.